The molecule has 186 valence electrons. The van der Waals surface area contributed by atoms with Crippen LogP contribution >= 0.6 is 0 Å². The number of ether oxygens (including phenoxy) is 1. The minimum absolute atomic E-state index is 0.545. The Kier molecular flexibility index (Phi) is 3.62. The Bertz CT molecular complexity index is 2370. The Morgan fingerprint density at radius 3 is 2.20 bits per heavy atom. The Morgan fingerprint density at radius 2 is 1.25 bits per heavy atom. The second-order valence-electron chi connectivity index (χ2n) is 11.0. The molecule has 2 aliphatic rings. The second-order valence-corrected chi connectivity index (χ2v) is 11.0. The van der Waals surface area contributed by atoms with Crippen LogP contribution in [0.5, 0.6) is 11.5 Å². The van der Waals surface area contributed by atoms with E-state index in [1.165, 1.54) is 60.5 Å². The third kappa shape index (κ3) is 2.22. The van der Waals surface area contributed by atoms with Crippen molar-refractivity contribution in [1.82, 2.24) is 9.55 Å². The summed E-state index contributed by atoms with van der Waals surface area (Å²) in [6.45, 7) is 0. The average molecular weight is 511 g/mol. The number of aromatic amines is 1. The molecule has 6 aromatic carbocycles. The third-order valence-corrected chi connectivity index (χ3v) is 9.19. The Hall–Kier alpha value is -5.28. The summed E-state index contributed by atoms with van der Waals surface area (Å²) < 4.78 is 9.34. The van der Waals surface area contributed by atoms with Gasteiger partial charge in [-0.25, -0.2) is 0 Å². The number of nitrogens with one attached hydrogen (secondary N) is 1. The molecule has 4 heterocycles. The summed E-state index contributed by atoms with van der Waals surface area (Å²) in [5, 5.41) is 4.94. The first kappa shape index (κ1) is 20.7. The predicted octanol–water partition coefficient (Wildman–Crippen LogP) is 9.22. The molecular formula is C37H22N2O. The molecule has 1 spiro atoms. The van der Waals surface area contributed by atoms with Gasteiger partial charge in [0.2, 0.25) is 0 Å². The highest BCUT2D eigenvalue weighted by molar-refractivity contribution is 6.13. The summed E-state index contributed by atoms with van der Waals surface area (Å²) >= 11 is 0. The first-order valence-corrected chi connectivity index (χ1v) is 13.8. The number of para-hydroxylation sites is 5. The first-order valence-electron chi connectivity index (χ1n) is 13.8. The highest BCUT2D eigenvalue weighted by atomic mass is 16.5. The normalized spacial score (nSPS) is 16.8. The fraction of sp³-hybridized carbons (Fsp3) is 0.0270. The minimum atomic E-state index is -0.545. The predicted molar refractivity (Wildman–Crippen MR) is 162 cm³/mol. The van der Waals surface area contributed by atoms with Gasteiger partial charge in [0.25, 0.3) is 0 Å². The summed E-state index contributed by atoms with van der Waals surface area (Å²) in [6.07, 6.45) is 0. The Balaban J connectivity index is 1.47. The van der Waals surface area contributed by atoms with E-state index in [1.54, 1.807) is 0 Å². The number of fused-ring (bicyclic) bond motifs is 15. The van der Waals surface area contributed by atoms with Gasteiger partial charge in [-0.05, 0) is 35.4 Å². The molecular weight excluding hydrogens is 488 g/mol. The highest BCUT2D eigenvalue weighted by Gasteiger charge is 2.50. The van der Waals surface area contributed by atoms with Gasteiger partial charge >= 0.3 is 0 Å². The molecule has 2 aromatic heterocycles. The van der Waals surface area contributed by atoms with Crippen LogP contribution in [-0.2, 0) is 5.41 Å². The molecule has 0 saturated heterocycles. The van der Waals surface area contributed by atoms with Crippen molar-refractivity contribution < 1.29 is 4.74 Å². The molecule has 40 heavy (non-hydrogen) atoms. The minimum Gasteiger partial charge on any atom is -0.454 e. The number of benzene rings is 6. The van der Waals surface area contributed by atoms with Gasteiger partial charge < -0.3 is 14.3 Å². The van der Waals surface area contributed by atoms with E-state index in [1.807, 2.05) is 0 Å². The molecule has 0 bridgehead atoms. The van der Waals surface area contributed by atoms with Crippen molar-refractivity contribution in [1.29, 1.82) is 0 Å². The van der Waals surface area contributed by atoms with Gasteiger partial charge in [0.1, 0.15) is 5.75 Å². The summed E-state index contributed by atoms with van der Waals surface area (Å²) in [5.74, 6) is 1.81. The van der Waals surface area contributed by atoms with Gasteiger partial charge in [-0.2, -0.15) is 0 Å². The van der Waals surface area contributed by atoms with Gasteiger partial charge in [0.15, 0.2) is 5.75 Å². The van der Waals surface area contributed by atoms with Crippen LogP contribution in [0.25, 0.3) is 49.3 Å². The lowest BCUT2D eigenvalue weighted by molar-refractivity contribution is 0.438. The van der Waals surface area contributed by atoms with Gasteiger partial charge in [-0.3, -0.25) is 0 Å². The smallest absolute Gasteiger partial charge is 0.156 e. The first-order chi connectivity index (χ1) is 19.9. The van der Waals surface area contributed by atoms with Crippen molar-refractivity contribution in [2.24, 2.45) is 0 Å². The average Bonchev–Trinajstić information content (AvgIpc) is 3.56. The lowest BCUT2D eigenvalue weighted by atomic mass is 9.61. The Labute approximate surface area is 229 Å². The molecule has 1 unspecified atom stereocenters. The van der Waals surface area contributed by atoms with Gasteiger partial charge in [-0.1, -0.05) is 103 Å². The monoisotopic (exact) mass is 510 g/mol. The lowest BCUT2D eigenvalue weighted by Gasteiger charge is -2.45. The molecule has 2 aliphatic heterocycles. The summed E-state index contributed by atoms with van der Waals surface area (Å²) in [7, 11) is 0. The maximum atomic E-state index is 6.87. The van der Waals surface area contributed by atoms with Gasteiger partial charge in [0.05, 0.1) is 27.7 Å². The maximum Gasteiger partial charge on any atom is 0.156 e. The van der Waals surface area contributed by atoms with E-state index in [0.29, 0.717) is 0 Å². The van der Waals surface area contributed by atoms with Crippen molar-refractivity contribution in [3.05, 3.63) is 150 Å². The van der Waals surface area contributed by atoms with Crippen LogP contribution < -0.4 is 4.74 Å². The third-order valence-electron chi connectivity index (χ3n) is 9.19. The van der Waals surface area contributed by atoms with Crippen molar-refractivity contribution in [3.63, 3.8) is 0 Å². The van der Waals surface area contributed by atoms with Crippen molar-refractivity contribution >= 4 is 43.6 Å². The van der Waals surface area contributed by atoms with E-state index in [-0.39, 0.29) is 0 Å². The van der Waals surface area contributed by atoms with Gasteiger partial charge in [0, 0.05) is 38.2 Å². The quantitative estimate of drug-likeness (QED) is 0.216. The fourth-order valence-corrected chi connectivity index (χ4v) is 7.70. The summed E-state index contributed by atoms with van der Waals surface area (Å²) in [6, 6.07) is 46.2. The standard InChI is InChI=1S/C37H22N2O/c1-5-16-30-22(10-1)24-20-21-29-36(34(24)38-30)40-33-19-8-4-14-27(33)37(29)26-13-3-7-18-32(26)39-31-17-6-2-11-23(31)25-12-9-15-28(37)35(25)39/h1-21,38H. The number of aromatic nitrogens is 2. The number of hydrogen-bond donors (Lipinski definition) is 1. The number of nitrogens with zero attached hydrogens (tertiary/aromatic N) is 1. The van der Waals surface area contributed by atoms with E-state index < -0.39 is 5.41 Å². The van der Waals surface area contributed by atoms with Gasteiger partial charge in [-0.15, -0.1) is 0 Å². The van der Waals surface area contributed by atoms with Crippen molar-refractivity contribution in [2.75, 3.05) is 0 Å². The molecule has 3 nitrogen and oxygen atoms in total. The zero-order chi connectivity index (χ0) is 26.0. The summed E-state index contributed by atoms with van der Waals surface area (Å²) in [4.78, 5) is 3.72. The van der Waals surface area contributed by atoms with Crippen LogP contribution in [0, 0.1) is 0 Å². The molecule has 10 rings (SSSR count). The molecule has 1 atom stereocenters. The van der Waals surface area contributed by atoms with Crippen molar-refractivity contribution in [3.8, 4) is 17.2 Å². The van der Waals surface area contributed by atoms with Crippen LogP contribution in [0.3, 0.4) is 0 Å². The molecule has 0 radical (unpaired) electrons. The van der Waals surface area contributed by atoms with Crippen molar-refractivity contribution in [2.45, 2.75) is 5.41 Å². The summed E-state index contributed by atoms with van der Waals surface area (Å²) in [5.41, 5.74) is 10.2. The lowest BCUT2D eigenvalue weighted by Crippen LogP contribution is -2.37. The SMILES string of the molecule is c1ccc2c(c1)Oc1c(ccc3c1[nH]c1ccccc13)C21c2ccccc2-n2c3ccccc3c3cccc1c32. The Morgan fingerprint density at radius 1 is 0.525 bits per heavy atom. The topological polar surface area (TPSA) is 29.9 Å². The highest BCUT2D eigenvalue weighted by Crippen LogP contribution is 2.61. The van der Waals surface area contributed by atoms with E-state index in [2.05, 4.69) is 137 Å². The molecule has 3 heteroatoms. The van der Waals surface area contributed by atoms with Crippen LogP contribution in [-0.4, -0.2) is 9.55 Å². The van der Waals surface area contributed by atoms with Crippen LogP contribution in [0.2, 0.25) is 0 Å². The molecule has 0 saturated carbocycles. The number of H-pyrrole nitrogens is 1. The van der Waals surface area contributed by atoms with E-state index in [9.17, 15) is 0 Å². The molecule has 0 aliphatic carbocycles. The molecule has 8 aromatic rings. The van der Waals surface area contributed by atoms with Crippen LogP contribution in [0.4, 0.5) is 0 Å². The molecule has 0 amide bonds. The number of hydrogen-bond acceptors (Lipinski definition) is 1. The van der Waals surface area contributed by atoms with Crippen LogP contribution in [0.1, 0.15) is 22.3 Å². The fourth-order valence-electron chi connectivity index (χ4n) is 7.70. The molecule has 1 N–H and O–H groups in total. The zero-order valence-electron chi connectivity index (χ0n) is 21.5. The maximum absolute atomic E-state index is 6.87. The second kappa shape index (κ2) is 7.02. The number of rotatable bonds is 0. The molecule has 0 fully saturated rings. The zero-order valence-corrected chi connectivity index (χ0v) is 21.5. The van der Waals surface area contributed by atoms with E-state index in [0.717, 1.165) is 22.5 Å². The largest absolute Gasteiger partial charge is 0.454 e. The van der Waals surface area contributed by atoms with E-state index in [4.69, 9.17) is 4.74 Å². The van der Waals surface area contributed by atoms with Crippen LogP contribution in [0.15, 0.2) is 127 Å². The van der Waals surface area contributed by atoms with E-state index >= 15 is 0 Å².